The lowest BCUT2D eigenvalue weighted by Gasteiger charge is -2.40. The van der Waals surface area contributed by atoms with Crippen molar-refractivity contribution in [2.45, 2.75) is 62.8 Å². The average Bonchev–Trinajstić information content (AvgIpc) is 3.57. The van der Waals surface area contributed by atoms with Crippen LogP contribution in [0.2, 0.25) is 0 Å². The number of aryl methyl sites for hydroxylation is 1. The topological polar surface area (TPSA) is 131 Å². The van der Waals surface area contributed by atoms with Crippen LogP contribution in [0.4, 0.5) is 5.69 Å². The predicted molar refractivity (Wildman–Crippen MR) is 167 cm³/mol. The molecule has 0 unspecified atom stereocenters. The van der Waals surface area contributed by atoms with Crippen molar-refractivity contribution in [2.24, 2.45) is 7.05 Å². The Balaban J connectivity index is 1.14. The summed E-state index contributed by atoms with van der Waals surface area (Å²) in [7, 11) is 1.69. The molecule has 10 heteroatoms. The number of rotatable bonds is 7. The SMILES string of the molecule is Cn1c(C(=O)O)cc2cc(NC(=O)C3(NC(=O)c4ccc5c(C6CCCCC6)n(-c6ccccn6)nc5c4)CCC3)ccc21. The number of pyridine rings is 1. The number of aromatic nitrogens is 4. The molecule has 224 valence electrons. The Hall–Kier alpha value is -4.99. The predicted octanol–water partition coefficient (Wildman–Crippen LogP) is 5.95. The zero-order valence-corrected chi connectivity index (χ0v) is 24.5. The molecule has 0 bridgehead atoms. The number of fused-ring (bicyclic) bond motifs is 2. The number of carbonyl (C=O) groups is 3. The van der Waals surface area contributed by atoms with E-state index in [0.29, 0.717) is 35.4 Å². The highest BCUT2D eigenvalue weighted by Gasteiger charge is 2.45. The zero-order valence-electron chi connectivity index (χ0n) is 24.5. The Labute approximate surface area is 254 Å². The second-order valence-electron chi connectivity index (χ2n) is 12.1. The molecule has 2 fully saturated rings. The fraction of sp³-hybridized carbons (Fsp3) is 0.324. The lowest BCUT2D eigenvalue weighted by Crippen LogP contribution is -2.61. The maximum absolute atomic E-state index is 13.6. The van der Waals surface area contributed by atoms with Crippen LogP contribution in [-0.2, 0) is 11.8 Å². The first-order valence-corrected chi connectivity index (χ1v) is 15.2. The van der Waals surface area contributed by atoms with E-state index in [0.717, 1.165) is 47.2 Å². The van der Waals surface area contributed by atoms with E-state index in [1.807, 2.05) is 41.1 Å². The molecule has 5 aromatic rings. The van der Waals surface area contributed by atoms with Gasteiger partial charge < -0.3 is 20.3 Å². The number of carboxylic acids is 1. The van der Waals surface area contributed by atoms with Crippen LogP contribution >= 0.6 is 0 Å². The van der Waals surface area contributed by atoms with E-state index in [4.69, 9.17) is 5.10 Å². The maximum atomic E-state index is 13.6. The van der Waals surface area contributed by atoms with Crippen LogP contribution in [0.1, 0.15) is 83.8 Å². The third-order valence-electron chi connectivity index (χ3n) is 9.34. The molecule has 44 heavy (non-hydrogen) atoms. The normalized spacial score (nSPS) is 16.5. The quantitative estimate of drug-likeness (QED) is 0.215. The van der Waals surface area contributed by atoms with Crippen molar-refractivity contribution in [1.82, 2.24) is 24.6 Å². The van der Waals surface area contributed by atoms with Crippen molar-refractivity contribution in [1.29, 1.82) is 0 Å². The number of carbonyl (C=O) groups excluding carboxylic acids is 2. The minimum Gasteiger partial charge on any atom is -0.477 e. The number of benzene rings is 2. The summed E-state index contributed by atoms with van der Waals surface area (Å²) in [5.41, 5.74) is 2.76. The minimum atomic E-state index is -1.02. The van der Waals surface area contributed by atoms with E-state index in [1.165, 1.54) is 19.3 Å². The van der Waals surface area contributed by atoms with Gasteiger partial charge >= 0.3 is 5.97 Å². The summed E-state index contributed by atoms with van der Waals surface area (Å²) in [6.07, 6.45) is 9.48. The van der Waals surface area contributed by atoms with Gasteiger partial charge in [-0.2, -0.15) is 5.10 Å². The van der Waals surface area contributed by atoms with Crippen molar-refractivity contribution in [2.75, 3.05) is 5.32 Å². The molecule has 3 heterocycles. The summed E-state index contributed by atoms with van der Waals surface area (Å²) < 4.78 is 3.54. The van der Waals surface area contributed by atoms with Gasteiger partial charge in [0.1, 0.15) is 11.2 Å². The third kappa shape index (κ3) is 4.80. The smallest absolute Gasteiger partial charge is 0.352 e. The van der Waals surface area contributed by atoms with Gasteiger partial charge in [-0.05, 0) is 80.6 Å². The molecule has 2 aliphatic carbocycles. The Morgan fingerprint density at radius 3 is 2.48 bits per heavy atom. The summed E-state index contributed by atoms with van der Waals surface area (Å²) in [6.45, 7) is 0. The highest BCUT2D eigenvalue weighted by molar-refractivity contribution is 6.06. The molecular formula is C34H34N6O4. The van der Waals surface area contributed by atoms with Crippen LogP contribution in [0, 0.1) is 0 Å². The van der Waals surface area contributed by atoms with Crippen molar-refractivity contribution >= 4 is 45.3 Å². The van der Waals surface area contributed by atoms with Gasteiger partial charge in [-0.3, -0.25) is 9.59 Å². The van der Waals surface area contributed by atoms with Gasteiger partial charge in [-0.25, -0.2) is 14.5 Å². The molecule has 0 spiro atoms. The van der Waals surface area contributed by atoms with Crippen LogP contribution in [0.3, 0.4) is 0 Å². The number of hydrogen-bond donors (Lipinski definition) is 3. The summed E-state index contributed by atoms with van der Waals surface area (Å²) in [4.78, 5) is 43.2. The number of aromatic carboxylic acids is 1. The second-order valence-corrected chi connectivity index (χ2v) is 12.1. The molecule has 0 aliphatic heterocycles. The van der Waals surface area contributed by atoms with Crippen molar-refractivity contribution < 1.29 is 19.5 Å². The van der Waals surface area contributed by atoms with Crippen LogP contribution in [0.25, 0.3) is 27.6 Å². The molecule has 0 saturated heterocycles. The largest absolute Gasteiger partial charge is 0.477 e. The maximum Gasteiger partial charge on any atom is 0.352 e. The molecule has 2 aliphatic rings. The van der Waals surface area contributed by atoms with Gasteiger partial charge in [0.2, 0.25) is 5.91 Å². The fourth-order valence-corrected chi connectivity index (χ4v) is 6.78. The van der Waals surface area contributed by atoms with E-state index < -0.39 is 11.5 Å². The van der Waals surface area contributed by atoms with E-state index in [2.05, 4.69) is 15.6 Å². The Bertz CT molecular complexity index is 1910. The monoisotopic (exact) mass is 590 g/mol. The number of anilines is 1. The molecule has 2 saturated carbocycles. The van der Waals surface area contributed by atoms with E-state index in [-0.39, 0.29) is 17.5 Å². The van der Waals surface area contributed by atoms with Crippen LogP contribution in [-0.4, -0.2) is 47.8 Å². The zero-order chi connectivity index (χ0) is 30.4. The van der Waals surface area contributed by atoms with Crippen molar-refractivity contribution in [3.8, 4) is 5.82 Å². The summed E-state index contributed by atoms with van der Waals surface area (Å²) >= 11 is 0. The van der Waals surface area contributed by atoms with Crippen molar-refractivity contribution in [3.63, 3.8) is 0 Å². The molecule has 10 nitrogen and oxygen atoms in total. The van der Waals surface area contributed by atoms with E-state index >= 15 is 0 Å². The van der Waals surface area contributed by atoms with Gasteiger partial charge in [0, 0.05) is 46.7 Å². The highest BCUT2D eigenvalue weighted by atomic mass is 16.4. The summed E-state index contributed by atoms with van der Waals surface area (Å²) in [5.74, 6) is -0.488. The fourth-order valence-electron chi connectivity index (χ4n) is 6.78. The summed E-state index contributed by atoms with van der Waals surface area (Å²) in [5, 5.41) is 22.1. The first-order chi connectivity index (χ1) is 21.3. The number of amides is 2. The van der Waals surface area contributed by atoms with Gasteiger partial charge in [0.25, 0.3) is 5.91 Å². The van der Waals surface area contributed by atoms with E-state index in [9.17, 15) is 19.5 Å². The van der Waals surface area contributed by atoms with E-state index in [1.54, 1.807) is 42.1 Å². The highest BCUT2D eigenvalue weighted by Crippen LogP contribution is 2.38. The summed E-state index contributed by atoms with van der Waals surface area (Å²) in [6, 6.07) is 18.3. The number of nitrogens with zero attached hydrogens (tertiary/aromatic N) is 4. The Kier molecular flexibility index (Phi) is 6.91. The Morgan fingerprint density at radius 2 is 1.77 bits per heavy atom. The number of carboxylic acid groups (broad SMARTS) is 1. The standard InChI is InChI=1S/C34H34N6O4/c1-39-27-14-12-24(18-23(27)20-28(39)32(42)43)36-33(44)34(15-7-16-34)37-31(41)22-11-13-25-26(19-22)38-40(29-10-5-6-17-35-29)30(25)21-8-3-2-4-9-21/h5-6,10-14,17-21H,2-4,7-9,15-16H2,1H3,(H,36,44)(H,37,41)(H,42,43). The minimum absolute atomic E-state index is 0.166. The third-order valence-corrected chi connectivity index (χ3v) is 9.34. The van der Waals surface area contributed by atoms with Crippen LogP contribution < -0.4 is 10.6 Å². The lowest BCUT2D eigenvalue weighted by atomic mass is 9.75. The second kappa shape index (κ2) is 10.9. The molecule has 3 N–H and O–H groups in total. The molecular weight excluding hydrogens is 556 g/mol. The number of hydrogen-bond acceptors (Lipinski definition) is 5. The van der Waals surface area contributed by atoms with Crippen LogP contribution in [0.15, 0.2) is 66.9 Å². The first-order valence-electron chi connectivity index (χ1n) is 15.2. The van der Waals surface area contributed by atoms with Gasteiger partial charge in [-0.15, -0.1) is 0 Å². The molecule has 0 atom stereocenters. The molecule has 2 aromatic carbocycles. The Morgan fingerprint density at radius 1 is 0.955 bits per heavy atom. The van der Waals surface area contributed by atoms with Gasteiger partial charge in [-0.1, -0.05) is 31.4 Å². The van der Waals surface area contributed by atoms with Crippen molar-refractivity contribution in [3.05, 3.63) is 83.8 Å². The number of nitrogens with one attached hydrogen (secondary N) is 2. The lowest BCUT2D eigenvalue weighted by molar-refractivity contribution is -0.125. The first kappa shape index (κ1) is 27.8. The molecule has 7 rings (SSSR count). The van der Waals surface area contributed by atoms with Gasteiger partial charge in [0.05, 0.1) is 11.2 Å². The molecule has 2 amide bonds. The van der Waals surface area contributed by atoms with Crippen LogP contribution in [0.5, 0.6) is 0 Å². The van der Waals surface area contributed by atoms with Gasteiger partial charge in [0.15, 0.2) is 5.82 Å². The molecule has 0 radical (unpaired) electrons. The average molecular weight is 591 g/mol. The molecule has 3 aromatic heterocycles.